The number of nitrogens with one attached hydrogen (secondary N) is 2. The Morgan fingerprint density at radius 3 is 2.79 bits per heavy atom. The average Bonchev–Trinajstić information content (AvgIpc) is 2.80. The van der Waals surface area contributed by atoms with E-state index in [0.29, 0.717) is 10.9 Å². The Hall–Kier alpha value is -2.35. The molecule has 1 aliphatic heterocycles. The molecule has 0 unspecified atom stereocenters. The molecule has 1 aliphatic carbocycles. The number of halogens is 2. The second-order valence-corrected chi connectivity index (χ2v) is 9.81. The monoisotopic (exact) mass is 505 g/mol. The minimum Gasteiger partial charge on any atom is -0.480 e. The molecular formula is C25H29Cl2N3O4. The van der Waals surface area contributed by atoms with E-state index in [4.69, 9.17) is 32.9 Å². The maximum absolute atomic E-state index is 12.4. The van der Waals surface area contributed by atoms with Crippen LogP contribution in [0.15, 0.2) is 30.3 Å². The van der Waals surface area contributed by atoms with E-state index in [0.717, 1.165) is 56.6 Å². The molecule has 2 aromatic rings. The van der Waals surface area contributed by atoms with Crippen LogP contribution in [-0.4, -0.2) is 47.3 Å². The molecule has 3 N–H and O–H groups in total. The SMILES string of the molecule is O=C(N[C@@H](CCOC1CC(CCc2ccc3c(n2)NCCC3)C1)C(=O)O)c1ccc(Cl)c(Cl)c1. The highest BCUT2D eigenvalue weighted by atomic mass is 35.5. The number of rotatable bonds is 10. The van der Waals surface area contributed by atoms with E-state index < -0.39 is 17.9 Å². The van der Waals surface area contributed by atoms with Gasteiger partial charge in [-0.15, -0.1) is 0 Å². The van der Waals surface area contributed by atoms with Gasteiger partial charge in [0.15, 0.2) is 0 Å². The number of hydrogen-bond acceptors (Lipinski definition) is 5. The van der Waals surface area contributed by atoms with E-state index in [1.54, 1.807) is 0 Å². The fourth-order valence-corrected chi connectivity index (χ4v) is 4.69. The van der Waals surface area contributed by atoms with Crippen molar-refractivity contribution < 1.29 is 19.4 Å². The maximum Gasteiger partial charge on any atom is 0.326 e. The summed E-state index contributed by atoms with van der Waals surface area (Å²) in [6.07, 6.45) is 6.55. The van der Waals surface area contributed by atoms with Gasteiger partial charge in [0.1, 0.15) is 11.9 Å². The van der Waals surface area contributed by atoms with Crippen molar-refractivity contribution in [1.29, 1.82) is 0 Å². The normalized spacial score (nSPS) is 19.9. The van der Waals surface area contributed by atoms with Gasteiger partial charge in [-0.3, -0.25) is 4.79 Å². The van der Waals surface area contributed by atoms with Gasteiger partial charge in [-0.2, -0.15) is 0 Å². The highest BCUT2D eigenvalue weighted by molar-refractivity contribution is 6.42. The molecule has 4 rings (SSSR count). The molecule has 0 radical (unpaired) electrons. The number of benzene rings is 1. The number of carboxylic acid groups (broad SMARTS) is 1. The molecule has 9 heteroatoms. The van der Waals surface area contributed by atoms with E-state index in [2.05, 4.69) is 22.8 Å². The van der Waals surface area contributed by atoms with Crippen LogP contribution in [0.25, 0.3) is 0 Å². The molecule has 34 heavy (non-hydrogen) atoms. The van der Waals surface area contributed by atoms with Crippen molar-refractivity contribution in [2.24, 2.45) is 5.92 Å². The van der Waals surface area contributed by atoms with Gasteiger partial charge in [0.05, 0.1) is 16.1 Å². The van der Waals surface area contributed by atoms with Gasteiger partial charge in [0.2, 0.25) is 0 Å². The molecule has 0 bridgehead atoms. The molecule has 1 aromatic carbocycles. The molecule has 0 saturated heterocycles. The van der Waals surface area contributed by atoms with Crippen molar-refractivity contribution in [3.05, 3.63) is 57.2 Å². The third-order valence-corrected chi connectivity index (χ3v) is 7.24. The Balaban J connectivity index is 1.15. The van der Waals surface area contributed by atoms with Crippen molar-refractivity contribution in [2.45, 2.75) is 57.1 Å². The summed E-state index contributed by atoms with van der Waals surface area (Å²) >= 11 is 11.8. The lowest BCUT2D eigenvalue weighted by atomic mass is 9.79. The Kier molecular flexibility index (Phi) is 8.29. The number of carbonyl (C=O) groups is 2. The topological polar surface area (TPSA) is 101 Å². The fraction of sp³-hybridized carbons (Fsp3) is 0.480. The standard InChI is InChI=1S/C25H29Cl2N3O4/c26-20-8-5-17(14-21(20)27)24(31)30-22(25(32)33)9-11-34-19-12-15(13-19)3-6-18-7-4-16-2-1-10-28-23(16)29-18/h4-5,7-8,14-15,19,22H,1-3,6,9-13H2,(H,28,29)(H,30,31)(H,32,33)/t15?,19?,22-/m0/s1. The molecule has 0 spiro atoms. The zero-order valence-corrected chi connectivity index (χ0v) is 20.4. The zero-order valence-electron chi connectivity index (χ0n) is 18.9. The molecule has 7 nitrogen and oxygen atoms in total. The van der Waals surface area contributed by atoms with Crippen molar-refractivity contribution >= 4 is 40.9 Å². The van der Waals surface area contributed by atoms with E-state index in [-0.39, 0.29) is 29.7 Å². The Bertz CT molecular complexity index is 1040. The second-order valence-electron chi connectivity index (χ2n) is 8.99. The van der Waals surface area contributed by atoms with Gasteiger partial charge in [0, 0.05) is 30.8 Å². The summed E-state index contributed by atoms with van der Waals surface area (Å²) in [5, 5.41) is 15.9. The number of nitrogens with zero attached hydrogens (tertiary/aromatic N) is 1. The van der Waals surface area contributed by atoms with Gasteiger partial charge in [-0.05, 0) is 74.3 Å². The predicted molar refractivity (Wildman–Crippen MR) is 132 cm³/mol. The number of amides is 1. The molecule has 1 fully saturated rings. The summed E-state index contributed by atoms with van der Waals surface area (Å²) in [6.45, 7) is 1.26. The van der Waals surface area contributed by atoms with Crippen LogP contribution in [-0.2, 0) is 22.4 Å². The van der Waals surface area contributed by atoms with E-state index in [9.17, 15) is 14.7 Å². The van der Waals surface area contributed by atoms with Crippen LogP contribution < -0.4 is 10.6 Å². The fourth-order valence-electron chi connectivity index (χ4n) is 4.40. The number of anilines is 1. The minimum atomic E-state index is -1.10. The van der Waals surface area contributed by atoms with Gasteiger partial charge >= 0.3 is 5.97 Å². The van der Waals surface area contributed by atoms with Crippen LogP contribution in [0, 0.1) is 5.92 Å². The summed E-state index contributed by atoms with van der Waals surface area (Å²) in [4.78, 5) is 28.7. The number of carboxylic acids is 1. The summed E-state index contributed by atoms with van der Waals surface area (Å²) in [6, 6.07) is 7.71. The van der Waals surface area contributed by atoms with Crippen LogP contribution >= 0.6 is 23.2 Å². The summed E-state index contributed by atoms with van der Waals surface area (Å²) < 4.78 is 5.86. The van der Waals surface area contributed by atoms with Crippen LogP contribution in [0.5, 0.6) is 0 Å². The van der Waals surface area contributed by atoms with Crippen molar-refractivity contribution in [2.75, 3.05) is 18.5 Å². The Labute approximate surface area is 209 Å². The van der Waals surface area contributed by atoms with Gasteiger partial charge < -0.3 is 20.5 Å². The van der Waals surface area contributed by atoms with E-state index in [1.807, 2.05) is 0 Å². The summed E-state index contributed by atoms with van der Waals surface area (Å²) in [5.41, 5.74) is 2.69. The number of hydrogen-bond donors (Lipinski definition) is 3. The molecule has 2 aliphatic rings. The van der Waals surface area contributed by atoms with Crippen LogP contribution in [0.4, 0.5) is 5.82 Å². The predicted octanol–water partition coefficient (Wildman–Crippen LogP) is 4.75. The number of fused-ring (bicyclic) bond motifs is 1. The lowest BCUT2D eigenvalue weighted by Gasteiger charge is -2.35. The molecule has 2 heterocycles. The largest absolute Gasteiger partial charge is 0.480 e. The van der Waals surface area contributed by atoms with Crippen LogP contribution in [0.3, 0.4) is 0 Å². The van der Waals surface area contributed by atoms with Gasteiger partial charge in [0.25, 0.3) is 5.91 Å². The second kappa shape index (κ2) is 11.4. The lowest BCUT2D eigenvalue weighted by Crippen LogP contribution is -2.42. The smallest absolute Gasteiger partial charge is 0.326 e. The highest BCUT2D eigenvalue weighted by Gasteiger charge is 2.30. The third-order valence-electron chi connectivity index (χ3n) is 6.50. The first kappa shape index (κ1) is 24.8. The lowest BCUT2D eigenvalue weighted by molar-refractivity contribution is -0.140. The number of ether oxygens (including phenoxy) is 1. The minimum absolute atomic E-state index is 0.142. The quantitative estimate of drug-likeness (QED) is 0.430. The first-order valence-electron chi connectivity index (χ1n) is 11.7. The Morgan fingerprint density at radius 1 is 1.21 bits per heavy atom. The number of aryl methyl sites for hydroxylation is 2. The summed E-state index contributed by atoms with van der Waals surface area (Å²) in [5.74, 6) is 0.0226. The zero-order chi connectivity index (χ0) is 24.1. The first-order valence-corrected chi connectivity index (χ1v) is 12.5. The number of aliphatic carboxylic acids is 1. The third kappa shape index (κ3) is 6.40. The van der Waals surface area contributed by atoms with Gasteiger partial charge in [-0.25, -0.2) is 9.78 Å². The number of aromatic nitrogens is 1. The molecule has 1 aromatic heterocycles. The first-order chi connectivity index (χ1) is 16.4. The van der Waals surface area contributed by atoms with Crippen molar-refractivity contribution in [1.82, 2.24) is 10.3 Å². The molecule has 1 saturated carbocycles. The van der Waals surface area contributed by atoms with E-state index >= 15 is 0 Å². The highest BCUT2D eigenvalue weighted by Crippen LogP contribution is 2.34. The molecular weight excluding hydrogens is 477 g/mol. The van der Waals surface area contributed by atoms with Crippen molar-refractivity contribution in [3.8, 4) is 0 Å². The molecule has 182 valence electrons. The van der Waals surface area contributed by atoms with E-state index in [1.165, 1.54) is 23.8 Å². The molecule has 1 amide bonds. The Morgan fingerprint density at radius 2 is 2.03 bits per heavy atom. The van der Waals surface area contributed by atoms with Crippen LogP contribution in [0.2, 0.25) is 10.0 Å². The maximum atomic E-state index is 12.4. The summed E-state index contributed by atoms with van der Waals surface area (Å²) in [7, 11) is 0. The number of carbonyl (C=O) groups excluding carboxylic acids is 1. The van der Waals surface area contributed by atoms with Gasteiger partial charge in [-0.1, -0.05) is 29.3 Å². The average molecular weight is 506 g/mol. The number of pyridine rings is 1. The van der Waals surface area contributed by atoms with Crippen LogP contribution in [0.1, 0.15) is 53.7 Å². The van der Waals surface area contributed by atoms with Crippen molar-refractivity contribution in [3.63, 3.8) is 0 Å². The molecule has 1 atom stereocenters.